The van der Waals surface area contributed by atoms with Gasteiger partial charge >= 0.3 is 5.97 Å². The third-order valence-electron chi connectivity index (χ3n) is 3.21. The Morgan fingerprint density at radius 1 is 1.13 bits per heavy atom. The summed E-state index contributed by atoms with van der Waals surface area (Å²) >= 11 is 0. The van der Waals surface area contributed by atoms with Crippen LogP contribution in [-0.2, 0) is 21.4 Å². The topological polar surface area (TPSA) is 95.7 Å². The number of hydrogen-bond acceptors (Lipinski definition) is 5. The second kappa shape index (κ2) is 6.80. The number of primary sulfonamides is 1. The van der Waals surface area contributed by atoms with Gasteiger partial charge in [0.15, 0.2) is 0 Å². The SMILES string of the molecule is COc1ccc(S(N)(=O)=O)cc1C(=O)OCc1ccc(C)cc1. The van der Waals surface area contributed by atoms with Crippen molar-refractivity contribution in [3.63, 3.8) is 0 Å². The van der Waals surface area contributed by atoms with Crippen molar-refractivity contribution >= 4 is 16.0 Å². The van der Waals surface area contributed by atoms with Gasteiger partial charge in [-0.25, -0.2) is 18.4 Å². The van der Waals surface area contributed by atoms with Crippen molar-refractivity contribution in [1.29, 1.82) is 0 Å². The van der Waals surface area contributed by atoms with E-state index in [0.717, 1.165) is 17.2 Å². The standard InChI is InChI=1S/C16H17NO5S/c1-11-3-5-12(6-4-11)10-22-16(18)14-9-13(23(17,19)20)7-8-15(14)21-2/h3-9H,10H2,1-2H3,(H2,17,19,20). The minimum Gasteiger partial charge on any atom is -0.496 e. The summed E-state index contributed by atoms with van der Waals surface area (Å²) in [6.45, 7) is 2.03. The van der Waals surface area contributed by atoms with Crippen LogP contribution in [-0.4, -0.2) is 21.5 Å². The van der Waals surface area contributed by atoms with Gasteiger partial charge in [-0.15, -0.1) is 0 Å². The van der Waals surface area contributed by atoms with Crippen molar-refractivity contribution in [1.82, 2.24) is 0 Å². The third kappa shape index (κ3) is 4.30. The molecular formula is C16H17NO5S. The van der Waals surface area contributed by atoms with E-state index in [0.29, 0.717) is 0 Å². The lowest BCUT2D eigenvalue weighted by atomic mass is 10.1. The number of carbonyl (C=O) groups excluding carboxylic acids is 1. The summed E-state index contributed by atoms with van der Waals surface area (Å²) in [6, 6.07) is 11.3. The van der Waals surface area contributed by atoms with E-state index in [4.69, 9.17) is 14.6 Å². The number of benzene rings is 2. The number of aryl methyl sites for hydroxylation is 1. The Labute approximate surface area is 134 Å². The van der Waals surface area contributed by atoms with Crippen molar-refractivity contribution in [2.24, 2.45) is 5.14 Å². The molecule has 0 aromatic heterocycles. The fourth-order valence-electron chi connectivity index (χ4n) is 1.93. The normalized spacial score (nSPS) is 11.1. The van der Waals surface area contributed by atoms with E-state index in [1.165, 1.54) is 19.2 Å². The van der Waals surface area contributed by atoms with E-state index in [2.05, 4.69) is 0 Å². The summed E-state index contributed by atoms with van der Waals surface area (Å²) in [6.07, 6.45) is 0. The molecule has 0 amide bonds. The highest BCUT2D eigenvalue weighted by Gasteiger charge is 2.18. The molecule has 2 aromatic carbocycles. The number of esters is 1. The van der Waals surface area contributed by atoms with Gasteiger partial charge in [0, 0.05) is 0 Å². The van der Waals surface area contributed by atoms with E-state index in [1.54, 1.807) is 0 Å². The van der Waals surface area contributed by atoms with Crippen molar-refractivity contribution in [2.75, 3.05) is 7.11 Å². The summed E-state index contributed by atoms with van der Waals surface area (Å²) in [5.74, 6) is -0.473. The zero-order valence-corrected chi connectivity index (χ0v) is 13.6. The molecule has 2 rings (SSSR count). The largest absolute Gasteiger partial charge is 0.496 e. The van der Waals surface area contributed by atoms with Gasteiger partial charge in [-0.2, -0.15) is 0 Å². The van der Waals surface area contributed by atoms with Crippen molar-refractivity contribution < 1.29 is 22.7 Å². The number of hydrogen-bond donors (Lipinski definition) is 1. The van der Waals surface area contributed by atoms with Crippen LogP contribution in [0.2, 0.25) is 0 Å². The molecule has 7 heteroatoms. The molecular weight excluding hydrogens is 318 g/mol. The summed E-state index contributed by atoms with van der Waals surface area (Å²) in [4.78, 5) is 12.0. The van der Waals surface area contributed by atoms with Crippen LogP contribution in [0, 0.1) is 6.92 Å². The van der Waals surface area contributed by atoms with E-state index in [1.807, 2.05) is 31.2 Å². The van der Waals surface area contributed by atoms with Crippen LogP contribution >= 0.6 is 0 Å². The van der Waals surface area contributed by atoms with Crippen LogP contribution in [0.5, 0.6) is 5.75 Å². The highest BCUT2D eigenvalue weighted by atomic mass is 32.2. The molecule has 0 heterocycles. The Morgan fingerprint density at radius 3 is 2.35 bits per heavy atom. The van der Waals surface area contributed by atoms with Gasteiger partial charge in [-0.05, 0) is 30.7 Å². The molecule has 0 aliphatic rings. The molecule has 0 atom stereocenters. The fraction of sp³-hybridized carbons (Fsp3) is 0.188. The second-order valence-corrected chi connectivity index (χ2v) is 6.53. The highest BCUT2D eigenvalue weighted by molar-refractivity contribution is 7.89. The summed E-state index contributed by atoms with van der Waals surface area (Å²) in [5, 5.41) is 5.08. The molecule has 23 heavy (non-hydrogen) atoms. The van der Waals surface area contributed by atoms with E-state index < -0.39 is 16.0 Å². The molecule has 2 aromatic rings. The number of ether oxygens (including phenoxy) is 2. The van der Waals surface area contributed by atoms with Gasteiger partial charge in [0.05, 0.1) is 12.0 Å². The summed E-state index contributed by atoms with van der Waals surface area (Å²) in [7, 11) is -2.54. The van der Waals surface area contributed by atoms with Crippen LogP contribution in [0.1, 0.15) is 21.5 Å². The lowest BCUT2D eigenvalue weighted by Crippen LogP contribution is -2.14. The molecule has 2 N–H and O–H groups in total. The zero-order valence-electron chi connectivity index (χ0n) is 12.8. The number of methoxy groups -OCH3 is 1. The summed E-state index contributed by atoms with van der Waals surface area (Å²) in [5.41, 5.74) is 1.93. The molecule has 0 radical (unpaired) electrons. The Hall–Kier alpha value is -2.38. The fourth-order valence-corrected chi connectivity index (χ4v) is 2.47. The third-order valence-corrected chi connectivity index (χ3v) is 4.12. The predicted molar refractivity (Wildman–Crippen MR) is 84.7 cm³/mol. The number of nitrogens with two attached hydrogens (primary N) is 1. The van der Waals surface area contributed by atoms with Gasteiger partial charge in [0.1, 0.15) is 17.9 Å². The molecule has 0 aliphatic heterocycles. The number of rotatable bonds is 5. The van der Waals surface area contributed by atoms with Gasteiger partial charge in [0.2, 0.25) is 10.0 Å². The average molecular weight is 335 g/mol. The second-order valence-electron chi connectivity index (χ2n) is 4.97. The average Bonchev–Trinajstić information content (AvgIpc) is 2.52. The van der Waals surface area contributed by atoms with Crippen LogP contribution in [0.25, 0.3) is 0 Å². The highest BCUT2D eigenvalue weighted by Crippen LogP contribution is 2.23. The monoisotopic (exact) mass is 335 g/mol. The molecule has 0 saturated heterocycles. The smallest absolute Gasteiger partial charge is 0.342 e. The Bertz CT molecular complexity index is 813. The van der Waals surface area contributed by atoms with Gasteiger partial charge in [-0.3, -0.25) is 0 Å². The number of sulfonamides is 1. The van der Waals surface area contributed by atoms with E-state index in [9.17, 15) is 13.2 Å². The molecule has 6 nitrogen and oxygen atoms in total. The predicted octanol–water partition coefficient (Wildman–Crippen LogP) is 2.01. The molecule has 0 spiro atoms. The minimum absolute atomic E-state index is 0.00568. The molecule has 0 unspecified atom stereocenters. The van der Waals surface area contributed by atoms with Crippen LogP contribution in [0.4, 0.5) is 0 Å². The van der Waals surface area contributed by atoms with Crippen molar-refractivity contribution in [3.05, 3.63) is 59.2 Å². The summed E-state index contributed by atoms with van der Waals surface area (Å²) < 4.78 is 33.1. The molecule has 122 valence electrons. The first-order chi connectivity index (χ1) is 10.8. The Balaban J connectivity index is 2.22. The Kier molecular flexibility index (Phi) is 5.02. The van der Waals surface area contributed by atoms with Crippen LogP contribution in [0.15, 0.2) is 47.4 Å². The van der Waals surface area contributed by atoms with Crippen molar-refractivity contribution in [3.8, 4) is 5.75 Å². The zero-order chi connectivity index (χ0) is 17.0. The van der Waals surface area contributed by atoms with E-state index in [-0.39, 0.29) is 22.8 Å². The Morgan fingerprint density at radius 2 is 1.78 bits per heavy atom. The van der Waals surface area contributed by atoms with Gasteiger partial charge in [-0.1, -0.05) is 29.8 Å². The molecule has 0 fully saturated rings. The maximum atomic E-state index is 12.2. The maximum absolute atomic E-state index is 12.2. The quantitative estimate of drug-likeness (QED) is 0.843. The first-order valence-electron chi connectivity index (χ1n) is 6.75. The van der Waals surface area contributed by atoms with Crippen LogP contribution in [0.3, 0.4) is 0 Å². The maximum Gasteiger partial charge on any atom is 0.342 e. The van der Waals surface area contributed by atoms with Gasteiger partial charge in [0.25, 0.3) is 0 Å². The van der Waals surface area contributed by atoms with Gasteiger partial charge < -0.3 is 9.47 Å². The molecule has 0 bridgehead atoms. The lowest BCUT2D eigenvalue weighted by Gasteiger charge is -2.10. The van der Waals surface area contributed by atoms with Crippen molar-refractivity contribution in [2.45, 2.75) is 18.4 Å². The van der Waals surface area contributed by atoms with Crippen LogP contribution < -0.4 is 9.88 Å². The first-order valence-corrected chi connectivity index (χ1v) is 8.29. The number of carbonyl (C=O) groups is 1. The first kappa shape index (κ1) is 17.0. The van der Waals surface area contributed by atoms with E-state index >= 15 is 0 Å². The molecule has 0 aliphatic carbocycles. The molecule has 0 saturated carbocycles. The minimum atomic E-state index is -3.92. The lowest BCUT2D eigenvalue weighted by molar-refractivity contribution is 0.0468.